The molecule has 0 spiro atoms. The summed E-state index contributed by atoms with van der Waals surface area (Å²) in [5.74, 6) is -9.46. The number of hydrogen-bond acceptors (Lipinski definition) is 3. The molecule has 0 aromatic carbocycles. The van der Waals surface area contributed by atoms with Gasteiger partial charge < -0.3 is 15.7 Å². The van der Waals surface area contributed by atoms with Crippen molar-refractivity contribution in [3.8, 4) is 0 Å². The molecule has 18 heavy (non-hydrogen) atoms. The van der Waals surface area contributed by atoms with Gasteiger partial charge in [0.2, 0.25) is 5.91 Å². The van der Waals surface area contributed by atoms with Crippen LogP contribution >= 0.6 is 0 Å². The second-order valence-electron chi connectivity index (χ2n) is 3.84. The summed E-state index contributed by atoms with van der Waals surface area (Å²) >= 11 is 0. The molecule has 1 aliphatic rings. The third-order valence-electron chi connectivity index (χ3n) is 2.49. The van der Waals surface area contributed by atoms with Crippen LogP contribution in [0.2, 0.25) is 0 Å². The molecule has 2 atom stereocenters. The first-order valence-corrected chi connectivity index (χ1v) is 4.71. The second kappa shape index (κ2) is 4.34. The summed E-state index contributed by atoms with van der Waals surface area (Å²) in [7, 11) is 0. The molecule has 104 valence electrons. The first-order chi connectivity index (χ1) is 7.98. The lowest BCUT2D eigenvalue weighted by molar-refractivity contribution is -0.274. The molecule has 2 unspecified atom stereocenters. The summed E-state index contributed by atoms with van der Waals surface area (Å²) in [6, 6.07) is -1.67. The van der Waals surface area contributed by atoms with Crippen LogP contribution in [0.1, 0.15) is 6.42 Å². The van der Waals surface area contributed by atoms with E-state index in [0.29, 0.717) is 0 Å². The minimum atomic E-state index is -6.07. The Morgan fingerprint density at radius 1 is 1.22 bits per heavy atom. The molecular formula is C8H9F5N2O3. The number of hydrogen-bond donors (Lipinski definition) is 2. The Morgan fingerprint density at radius 3 is 2.11 bits per heavy atom. The molecule has 1 saturated heterocycles. The third-order valence-corrected chi connectivity index (χ3v) is 2.49. The molecule has 0 bridgehead atoms. The number of aliphatic hydroxyl groups is 1. The number of rotatable bonds is 2. The van der Waals surface area contributed by atoms with Gasteiger partial charge >= 0.3 is 18.0 Å². The van der Waals surface area contributed by atoms with Gasteiger partial charge in [0.15, 0.2) is 0 Å². The number of nitrogens with two attached hydrogens (primary N) is 1. The Labute approximate surface area is 97.3 Å². The van der Waals surface area contributed by atoms with E-state index >= 15 is 0 Å². The van der Waals surface area contributed by atoms with E-state index < -0.39 is 49.0 Å². The molecule has 3 N–H and O–H groups in total. The topological polar surface area (TPSA) is 83.6 Å². The van der Waals surface area contributed by atoms with E-state index in [-0.39, 0.29) is 4.90 Å². The molecule has 0 aliphatic carbocycles. The fraction of sp³-hybridized carbons (Fsp3) is 0.750. The number of carbonyl (C=O) groups is 2. The monoisotopic (exact) mass is 276 g/mol. The van der Waals surface area contributed by atoms with E-state index in [1.165, 1.54) is 0 Å². The molecule has 1 heterocycles. The van der Waals surface area contributed by atoms with E-state index in [1.54, 1.807) is 0 Å². The van der Waals surface area contributed by atoms with E-state index in [2.05, 4.69) is 0 Å². The standard InChI is InChI=1S/C8H9F5N2O3/c9-7(10,8(11,12)13)6(18)15-2-3(16)1-4(15)5(14)17/h3-4,16H,1-2H2,(H2,14,17). The summed E-state index contributed by atoms with van der Waals surface area (Å²) in [6.45, 7) is -0.794. The van der Waals surface area contributed by atoms with E-state index in [1.807, 2.05) is 0 Å². The van der Waals surface area contributed by atoms with Gasteiger partial charge in [0, 0.05) is 13.0 Å². The Morgan fingerprint density at radius 2 is 1.72 bits per heavy atom. The van der Waals surface area contributed by atoms with Crippen molar-refractivity contribution in [1.82, 2.24) is 4.90 Å². The van der Waals surface area contributed by atoms with Crippen LogP contribution in [0.3, 0.4) is 0 Å². The molecule has 0 radical (unpaired) electrons. The molecule has 1 fully saturated rings. The van der Waals surface area contributed by atoms with Crippen LogP contribution in [-0.4, -0.2) is 52.6 Å². The largest absolute Gasteiger partial charge is 0.463 e. The van der Waals surface area contributed by atoms with Crippen molar-refractivity contribution in [3.63, 3.8) is 0 Å². The number of nitrogens with zero attached hydrogens (tertiary/aromatic N) is 1. The number of β-amino-alcohol motifs (C(OH)–C–C–N with tert-alkyl or cyclic N) is 1. The van der Waals surface area contributed by atoms with Crippen LogP contribution in [-0.2, 0) is 9.59 Å². The quantitative estimate of drug-likeness (QED) is 0.675. The van der Waals surface area contributed by atoms with Crippen molar-refractivity contribution in [2.24, 2.45) is 5.73 Å². The van der Waals surface area contributed by atoms with Gasteiger partial charge in [-0.15, -0.1) is 0 Å². The van der Waals surface area contributed by atoms with Gasteiger partial charge in [-0.1, -0.05) is 0 Å². The number of aliphatic hydroxyl groups excluding tert-OH is 1. The van der Waals surface area contributed by atoms with E-state index in [9.17, 15) is 31.5 Å². The first-order valence-electron chi connectivity index (χ1n) is 4.71. The fourth-order valence-corrected chi connectivity index (χ4v) is 1.61. The number of likely N-dealkylation sites (tertiary alicyclic amines) is 1. The molecule has 0 aromatic rings. The van der Waals surface area contributed by atoms with Gasteiger partial charge in [-0.05, 0) is 0 Å². The van der Waals surface area contributed by atoms with Crippen molar-refractivity contribution in [3.05, 3.63) is 0 Å². The molecule has 1 aliphatic heterocycles. The predicted octanol–water partition coefficient (Wildman–Crippen LogP) is -0.369. The van der Waals surface area contributed by atoms with Crippen molar-refractivity contribution < 1.29 is 36.6 Å². The van der Waals surface area contributed by atoms with Crippen molar-refractivity contribution in [2.45, 2.75) is 30.7 Å². The molecular weight excluding hydrogens is 267 g/mol. The highest BCUT2D eigenvalue weighted by molar-refractivity contribution is 5.91. The molecule has 0 saturated carbocycles. The zero-order valence-corrected chi connectivity index (χ0v) is 8.75. The van der Waals surface area contributed by atoms with Crippen LogP contribution in [0.25, 0.3) is 0 Å². The third kappa shape index (κ3) is 2.37. The van der Waals surface area contributed by atoms with E-state index in [4.69, 9.17) is 10.8 Å². The summed E-state index contributed by atoms with van der Waals surface area (Å²) in [5.41, 5.74) is 4.77. The van der Waals surface area contributed by atoms with Crippen LogP contribution in [0.15, 0.2) is 0 Å². The highest BCUT2D eigenvalue weighted by Gasteiger charge is 2.66. The number of amides is 2. The van der Waals surface area contributed by atoms with Crippen molar-refractivity contribution in [1.29, 1.82) is 0 Å². The maximum atomic E-state index is 12.8. The van der Waals surface area contributed by atoms with Crippen LogP contribution in [0.5, 0.6) is 0 Å². The highest BCUT2D eigenvalue weighted by Crippen LogP contribution is 2.38. The lowest BCUT2D eigenvalue weighted by Gasteiger charge is -2.27. The molecule has 10 heteroatoms. The van der Waals surface area contributed by atoms with Gasteiger partial charge in [0.05, 0.1) is 6.10 Å². The SMILES string of the molecule is NC(=O)C1CC(O)CN1C(=O)C(F)(F)C(F)(F)F. The van der Waals surface area contributed by atoms with Crippen LogP contribution in [0, 0.1) is 0 Å². The lowest BCUT2D eigenvalue weighted by atomic mass is 10.2. The minimum Gasteiger partial charge on any atom is -0.391 e. The van der Waals surface area contributed by atoms with Gasteiger partial charge in [-0.25, -0.2) is 0 Å². The summed E-state index contributed by atoms with van der Waals surface area (Å²) in [5, 5.41) is 9.11. The Hall–Kier alpha value is -1.45. The zero-order chi connectivity index (χ0) is 14.3. The summed E-state index contributed by atoms with van der Waals surface area (Å²) in [6.07, 6.45) is -7.90. The van der Waals surface area contributed by atoms with Crippen LogP contribution in [0.4, 0.5) is 22.0 Å². The normalized spacial score (nSPS) is 25.3. The molecule has 2 amide bonds. The van der Waals surface area contributed by atoms with Crippen LogP contribution < -0.4 is 5.73 Å². The van der Waals surface area contributed by atoms with Crippen molar-refractivity contribution >= 4 is 11.8 Å². The first kappa shape index (κ1) is 14.6. The number of primary amides is 1. The average Bonchev–Trinajstić information content (AvgIpc) is 2.57. The average molecular weight is 276 g/mol. The predicted molar refractivity (Wildman–Crippen MR) is 46.3 cm³/mol. The van der Waals surface area contributed by atoms with Gasteiger partial charge in [-0.2, -0.15) is 22.0 Å². The Balaban J connectivity index is 3.00. The molecule has 1 rings (SSSR count). The van der Waals surface area contributed by atoms with Crippen molar-refractivity contribution in [2.75, 3.05) is 6.54 Å². The minimum absolute atomic E-state index is 0.0412. The number of carbonyl (C=O) groups excluding carboxylic acids is 2. The van der Waals surface area contributed by atoms with Gasteiger partial charge in [0.1, 0.15) is 6.04 Å². The zero-order valence-electron chi connectivity index (χ0n) is 8.75. The summed E-state index contributed by atoms with van der Waals surface area (Å²) < 4.78 is 61.5. The number of halogens is 5. The van der Waals surface area contributed by atoms with Gasteiger partial charge in [0.25, 0.3) is 0 Å². The highest BCUT2D eigenvalue weighted by atomic mass is 19.4. The smallest absolute Gasteiger partial charge is 0.391 e. The van der Waals surface area contributed by atoms with E-state index in [0.717, 1.165) is 0 Å². The number of alkyl halides is 5. The van der Waals surface area contributed by atoms with Gasteiger partial charge in [-0.3, -0.25) is 9.59 Å². The Bertz CT molecular complexity index is 370. The molecule has 0 aromatic heterocycles. The second-order valence-corrected chi connectivity index (χ2v) is 3.84. The maximum Gasteiger partial charge on any atom is 0.463 e. The lowest BCUT2D eigenvalue weighted by Crippen LogP contribution is -2.55. The summed E-state index contributed by atoms with van der Waals surface area (Å²) in [4.78, 5) is 21.9. The maximum absolute atomic E-state index is 12.8. The molecule has 5 nitrogen and oxygen atoms in total. The Kier molecular flexibility index (Phi) is 3.52. The fourth-order valence-electron chi connectivity index (χ4n) is 1.61.